The zero-order valence-electron chi connectivity index (χ0n) is 13.5. The monoisotopic (exact) mass is 346 g/mol. The molecule has 4 rings (SSSR count). The number of nitrogens with zero attached hydrogens (tertiary/aromatic N) is 4. The molecule has 0 aromatic carbocycles. The van der Waals surface area contributed by atoms with Gasteiger partial charge >= 0.3 is 0 Å². The van der Waals surface area contributed by atoms with E-state index in [1.54, 1.807) is 16.2 Å². The van der Waals surface area contributed by atoms with Gasteiger partial charge in [-0.1, -0.05) is 0 Å². The Bertz CT molecular complexity index is 779. The van der Waals surface area contributed by atoms with Crippen molar-refractivity contribution in [2.45, 2.75) is 31.8 Å². The fraction of sp³-hybridized carbons (Fsp3) is 0.471. The van der Waals surface area contributed by atoms with Crippen LogP contribution in [0.2, 0.25) is 0 Å². The number of aryl methyl sites for hydroxylation is 1. The lowest BCUT2D eigenvalue weighted by Crippen LogP contribution is -2.60. The molecule has 1 spiro atoms. The van der Waals surface area contributed by atoms with Crippen LogP contribution in [0, 0.1) is 12.7 Å². The molecule has 7 heteroatoms. The van der Waals surface area contributed by atoms with E-state index >= 15 is 0 Å². The lowest BCUT2D eigenvalue weighted by atomic mass is 9.83. The minimum Gasteiger partial charge on any atom is -0.337 e. The lowest BCUT2D eigenvalue weighted by molar-refractivity contribution is -0.0140. The fourth-order valence-corrected chi connectivity index (χ4v) is 4.32. The second-order valence-corrected chi connectivity index (χ2v) is 7.65. The van der Waals surface area contributed by atoms with Crippen molar-refractivity contribution in [1.29, 1.82) is 0 Å². The molecule has 24 heavy (non-hydrogen) atoms. The number of carbonyl (C=O) groups is 1. The molecule has 0 saturated carbocycles. The van der Waals surface area contributed by atoms with Gasteiger partial charge in [0.05, 0.1) is 22.5 Å². The highest BCUT2D eigenvalue weighted by atomic mass is 32.1. The Morgan fingerprint density at radius 1 is 1.42 bits per heavy atom. The van der Waals surface area contributed by atoms with E-state index in [4.69, 9.17) is 0 Å². The highest BCUT2D eigenvalue weighted by molar-refractivity contribution is 7.09. The molecule has 126 valence electrons. The van der Waals surface area contributed by atoms with Gasteiger partial charge in [-0.05, 0) is 25.8 Å². The zero-order valence-corrected chi connectivity index (χ0v) is 14.4. The van der Waals surface area contributed by atoms with E-state index in [2.05, 4.69) is 20.2 Å². The van der Waals surface area contributed by atoms with Crippen LogP contribution in [0.15, 0.2) is 23.8 Å². The molecule has 0 aliphatic carbocycles. The average Bonchev–Trinajstić information content (AvgIpc) is 3.19. The first-order chi connectivity index (χ1) is 11.6. The summed E-state index contributed by atoms with van der Waals surface area (Å²) in [5, 5.41) is 3.18. The molecule has 1 atom stereocenters. The van der Waals surface area contributed by atoms with Crippen molar-refractivity contribution < 1.29 is 9.18 Å². The number of halogens is 1. The first-order valence-corrected chi connectivity index (χ1v) is 9.00. The first kappa shape index (κ1) is 15.7. The number of rotatable bonds is 3. The summed E-state index contributed by atoms with van der Waals surface area (Å²) in [6.07, 6.45) is 4.58. The summed E-state index contributed by atoms with van der Waals surface area (Å²) in [5.41, 5.74) is 1.25. The predicted octanol–water partition coefficient (Wildman–Crippen LogP) is 2.48. The highest BCUT2D eigenvalue weighted by Gasteiger charge is 2.50. The summed E-state index contributed by atoms with van der Waals surface area (Å²) >= 11 is 1.67. The largest absolute Gasteiger partial charge is 0.337 e. The van der Waals surface area contributed by atoms with Gasteiger partial charge in [-0.3, -0.25) is 14.7 Å². The molecule has 0 N–H and O–H groups in total. The van der Waals surface area contributed by atoms with Crippen molar-refractivity contribution in [2.24, 2.45) is 0 Å². The molecule has 2 aromatic heterocycles. The number of hydrogen-bond donors (Lipinski definition) is 0. The molecular formula is C17H19FN4OS. The normalized spacial score (nSPS) is 23.7. The Hall–Kier alpha value is -1.86. The van der Waals surface area contributed by atoms with Crippen LogP contribution in [-0.4, -0.2) is 50.8 Å². The molecule has 1 unspecified atom stereocenters. The van der Waals surface area contributed by atoms with Crippen LogP contribution >= 0.6 is 11.3 Å². The summed E-state index contributed by atoms with van der Waals surface area (Å²) < 4.78 is 13.8. The van der Waals surface area contributed by atoms with Crippen LogP contribution in [0.25, 0.3) is 0 Å². The summed E-state index contributed by atoms with van der Waals surface area (Å²) in [7, 11) is 0. The first-order valence-electron chi connectivity index (χ1n) is 8.12. The Morgan fingerprint density at radius 3 is 2.92 bits per heavy atom. The predicted molar refractivity (Wildman–Crippen MR) is 89.3 cm³/mol. The van der Waals surface area contributed by atoms with Crippen molar-refractivity contribution in [2.75, 3.05) is 19.6 Å². The van der Waals surface area contributed by atoms with Crippen molar-refractivity contribution in [3.63, 3.8) is 0 Å². The molecular weight excluding hydrogens is 327 g/mol. The van der Waals surface area contributed by atoms with Crippen molar-refractivity contribution in [3.8, 4) is 0 Å². The van der Waals surface area contributed by atoms with Crippen LogP contribution in [-0.2, 0) is 6.54 Å². The van der Waals surface area contributed by atoms with Crippen molar-refractivity contribution >= 4 is 17.2 Å². The van der Waals surface area contributed by atoms with E-state index in [1.807, 2.05) is 6.92 Å². The number of aromatic nitrogens is 2. The molecule has 2 aromatic rings. The maximum atomic E-state index is 13.8. The number of thiazole rings is 1. The van der Waals surface area contributed by atoms with Crippen LogP contribution in [0.4, 0.5) is 4.39 Å². The molecule has 2 fully saturated rings. The second-order valence-electron chi connectivity index (χ2n) is 6.59. The number of likely N-dealkylation sites (tertiary alicyclic amines) is 2. The Labute approximate surface area is 144 Å². The van der Waals surface area contributed by atoms with E-state index in [1.165, 1.54) is 12.3 Å². The molecule has 2 aliphatic heterocycles. The third-order valence-electron chi connectivity index (χ3n) is 5.16. The number of pyridine rings is 1. The zero-order chi connectivity index (χ0) is 16.7. The Kier molecular flexibility index (Phi) is 3.85. The Balaban J connectivity index is 1.46. The molecule has 1 amide bonds. The van der Waals surface area contributed by atoms with Gasteiger partial charge in [-0.25, -0.2) is 9.37 Å². The average molecular weight is 346 g/mol. The summed E-state index contributed by atoms with van der Waals surface area (Å²) in [6, 6.07) is 1.46. The van der Waals surface area contributed by atoms with Crippen molar-refractivity contribution in [1.82, 2.24) is 19.8 Å². The summed E-state index contributed by atoms with van der Waals surface area (Å²) in [5.74, 6) is -0.782. The lowest BCUT2D eigenvalue weighted by Gasteiger charge is -2.50. The molecule has 2 saturated heterocycles. The van der Waals surface area contributed by atoms with Gasteiger partial charge in [0.2, 0.25) is 0 Å². The van der Waals surface area contributed by atoms with E-state index in [0.717, 1.165) is 42.8 Å². The van der Waals surface area contributed by atoms with E-state index in [9.17, 15) is 9.18 Å². The smallest absolute Gasteiger partial charge is 0.257 e. The van der Waals surface area contributed by atoms with Crippen LogP contribution in [0.5, 0.6) is 0 Å². The van der Waals surface area contributed by atoms with Gasteiger partial charge in [0.15, 0.2) is 5.82 Å². The van der Waals surface area contributed by atoms with Gasteiger partial charge in [0.25, 0.3) is 5.91 Å². The van der Waals surface area contributed by atoms with E-state index < -0.39 is 5.82 Å². The topological polar surface area (TPSA) is 49.3 Å². The minimum absolute atomic E-state index is 0.0384. The van der Waals surface area contributed by atoms with Crippen LogP contribution in [0.1, 0.15) is 33.9 Å². The minimum atomic E-state index is -0.549. The maximum Gasteiger partial charge on any atom is 0.257 e. The fourth-order valence-electron chi connectivity index (χ4n) is 3.72. The van der Waals surface area contributed by atoms with Gasteiger partial charge in [-0.2, -0.15) is 0 Å². The van der Waals surface area contributed by atoms with Crippen LogP contribution < -0.4 is 0 Å². The molecule has 5 nitrogen and oxygen atoms in total. The SMILES string of the molecule is Cc1nc(CN2CCC23CCN(C(=O)c2ccncc2F)C3)cs1. The third-order valence-corrected chi connectivity index (χ3v) is 5.98. The standard InChI is InChI=1S/C17H19FN4OS/c1-12-20-13(10-24-12)9-22-7-4-17(22)3-6-21(11-17)16(23)14-2-5-19-8-15(14)18/h2,5,8,10H,3-4,6-7,9,11H2,1H3. The molecule has 0 bridgehead atoms. The number of hydrogen-bond acceptors (Lipinski definition) is 5. The molecule has 4 heterocycles. The Morgan fingerprint density at radius 2 is 2.25 bits per heavy atom. The second kappa shape index (κ2) is 5.89. The van der Waals surface area contributed by atoms with Gasteiger partial charge in [0, 0.05) is 43.3 Å². The quantitative estimate of drug-likeness (QED) is 0.857. The third kappa shape index (κ3) is 2.61. The maximum absolute atomic E-state index is 13.8. The number of amides is 1. The van der Waals surface area contributed by atoms with E-state index in [0.29, 0.717) is 13.1 Å². The summed E-state index contributed by atoms with van der Waals surface area (Å²) in [6.45, 7) is 5.21. The van der Waals surface area contributed by atoms with E-state index in [-0.39, 0.29) is 17.0 Å². The molecule has 2 aliphatic rings. The van der Waals surface area contributed by atoms with Gasteiger partial charge in [-0.15, -0.1) is 11.3 Å². The number of carbonyl (C=O) groups excluding carboxylic acids is 1. The summed E-state index contributed by atoms with van der Waals surface area (Å²) in [4.78, 5) is 25.0. The van der Waals surface area contributed by atoms with Gasteiger partial charge in [0.1, 0.15) is 0 Å². The van der Waals surface area contributed by atoms with Crippen molar-refractivity contribution in [3.05, 3.63) is 45.9 Å². The molecule has 0 radical (unpaired) electrons. The van der Waals surface area contributed by atoms with Crippen LogP contribution in [0.3, 0.4) is 0 Å². The highest BCUT2D eigenvalue weighted by Crippen LogP contribution is 2.40. The van der Waals surface area contributed by atoms with Gasteiger partial charge < -0.3 is 4.90 Å².